The lowest BCUT2D eigenvalue weighted by Crippen LogP contribution is -2.01. The van der Waals surface area contributed by atoms with Crippen LogP contribution in [0.1, 0.15) is 12.0 Å². The van der Waals surface area contributed by atoms with E-state index in [0.717, 1.165) is 5.92 Å². The average molecular weight is 194 g/mol. The predicted molar refractivity (Wildman–Crippen MR) is 57.2 cm³/mol. The maximum absolute atomic E-state index is 9.11. The minimum atomic E-state index is 0.365. The van der Waals surface area contributed by atoms with Gasteiger partial charge >= 0.3 is 0 Å². The molecule has 0 amide bonds. The summed E-state index contributed by atoms with van der Waals surface area (Å²) in [7, 11) is 0. The molecular formula is C11H14OS. The van der Waals surface area contributed by atoms with E-state index >= 15 is 0 Å². The molecule has 1 atom stereocenters. The zero-order valence-corrected chi connectivity index (χ0v) is 8.39. The summed E-state index contributed by atoms with van der Waals surface area (Å²) in [6.45, 7) is 0. The van der Waals surface area contributed by atoms with Crippen molar-refractivity contribution in [2.24, 2.45) is 5.92 Å². The van der Waals surface area contributed by atoms with Crippen LogP contribution in [0.15, 0.2) is 24.3 Å². The van der Waals surface area contributed by atoms with Crippen LogP contribution < -0.4 is 0 Å². The second-order valence-electron chi connectivity index (χ2n) is 3.60. The minimum Gasteiger partial charge on any atom is -0.508 e. The lowest BCUT2D eigenvalue weighted by Gasteiger charge is -2.07. The molecule has 2 rings (SSSR count). The van der Waals surface area contributed by atoms with Crippen molar-refractivity contribution >= 4 is 11.8 Å². The molecule has 1 saturated heterocycles. The molecule has 0 saturated carbocycles. The normalized spacial score (nSPS) is 22.0. The van der Waals surface area contributed by atoms with Crippen molar-refractivity contribution in [3.05, 3.63) is 29.8 Å². The number of hydrogen-bond donors (Lipinski definition) is 1. The first kappa shape index (κ1) is 8.95. The van der Waals surface area contributed by atoms with Gasteiger partial charge in [0.25, 0.3) is 0 Å². The van der Waals surface area contributed by atoms with Gasteiger partial charge in [0.2, 0.25) is 0 Å². The Hall–Kier alpha value is -0.630. The molecule has 1 heterocycles. The Labute approximate surface area is 83.2 Å². The summed E-state index contributed by atoms with van der Waals surface area (Å²) in [4.78, 5) is 0. The molecule has 70 valence electrons. The minimum absolute atomic E-state index is 0.365. The molecule has 0 spiro atoms. The maximum atomic E-state index is 9.11. The van der Waals surface area contributed by atoms with Gasteiger partial charge in [-0.15, -0.1) is 0 Å². The fourth-order valence-corrected chi connectivity index (χ4v) is 2.99. The number of phenols is 1. The molecule has 0 aliphatic carbocycles. The first-order chi connectivity index (χ1) is 6.34. The monoisotopic (exact) mass is 194 g/mol. The molecule has 0 radical (unpaired) electrons. The van der Waals surface area contributed by atoms with Gasteiger partial charge in [-0.2, -0.15) is 11.8 Å². The van der Waals surface area contributed by atoms with E-state index in [1.54, 1.807) is 12.1 Å². The van der Waals surface area contributed by atoms with Crippen LogP contribution in [0.2, 0.25) is 0 Å². The molecule has 2 heteroatoms. The van der Waals surface area contributed by atoms with Crippen molar-refractivity contribution in [2.45, 2.75) is 12.8 Å². The third kappa shape index (κ3) is 2.41. The second-order valence-corrected chi connectivity index (χ2v) is 4.75. The molecular weight excluding hydrogens is 180 g/mol. The highest BCUT2D eigenvalue weighted by atomic mass is 32.2. The highest BCUT2D eigenvalue weighted by Gasteiger charge is 2.15. The number of phenolic OH excluding ortho intramolecular Hbond substituents is 1. The van der Waals surface area contributed by atoms with Gasteiger partial charge in [-0.1, -0.05) is 12.1 Å². The molecule has 1 N–H and O–H groups in total. The van der Waals surface area contributed by atoms with Crippen LogP contribution >= 0.6 is 11.8 Å². The van der Waals surface area contributed by atoms with Gasteiger partial charge in [0.15, 0.2) is 0 Å². The number of rotatable bonds is 2. The Bertz CT molecular complexity index is 262. The zero-order chi connectivity index (χ0) is 9.10. The van der Waals surface area contributed by atoms with Crippen LogP contribution in [-0.2, 0) is 6.42 Å². The molecule has 1 nitrogen and oxygen atoms in total. The fourth-order valence-electron chi connectivity index (χ4n) is 1.71. The van der Waals surface area contributed by atoms with E-state index in [9.17, 15) is 0 Å². The Kier molecular flexibility index (Phi) is 2.79. The van der Waals surface area contributed by atoms with E-state index in [0.29, 0.717) is 5.75 Å². The van der Waals surface area contributed by atoms with Gasteiger partial charge in [-0.3, -0.25) is 0 Å². The third-order valence-corrected chi connectivity index (χ3v) is 3.72. The first-order valence-corrected chi connectivity index (χ1v) is 5.86. The van der Waals surface area contributed by atoms with Crippen LogP contribution in [0.4, 0.5) is 0 Å². The number of thioether (sulfide) groups is 1. The van der Waals surface area contributed by atoms with E-state index in [4.69, 9.17) is 5.11 Å². The van der Waals surface area contributed by atoms with Crippen LogP contribution in [0.25, 0.3) is 0 Å². The van der Waals surface area contributed by atoms with Gasteiger partial charge < -0.3 is 5.11 Å². The summed E-state index contributed by atoms with van der Waals surface area (Å²) in [5, 5.41) is 9.11. The summed E-state index contributed by atoms with van der Waals surface area (Å²) in [5.74, 6) is 3.85. The Morgan fingerprint density at radius 3 is 2.69 bits per heavy atom. The van der Waals surface area contributed by atoms with E-state index in [1.165, 1.54) is 29.9 Å². The summed E-state index contributed by atoms with van der Waals surface area (Å²) in [6.07, 6.45) is 2.53. The van der Waals surface area contributed by atoms with Crippen LogP contribution in [-0.4, -0.2) is 16.6 Å². The standard InChI is InChI=1S/C11H14OS/c12-11-3-1-9(2-4-11)7-10-5-6-13-8-10/h1-4,10,12H,5-8H2. The zero-order valence-electron chi connectivity index (χ0n) is 7.57. The van der Waals surface area contributed by atoms with E-state index in [1.807, 2.05) is 12.1 Å². The van der Waals surface area contributed by atoms with Crippen LogP contribution in [0.5, 0.6) is 5.75 Å². The van der Waals surface area contributed by atoms with Crippen molar-refractivity contribution in [1.82, 2.24) is 0 Å². The molecule has 13 heavy (non-hydrogen) atoms. The molecule has 1 fully saturated rings. The van der Waals surface area contributed by atoms with Gasteiger partial charge in [0.1, 0.15) is 5.75 Å². The summed E-state index contributed by atoms with van der Waals surface area (Å²) in [5.41, 5.74) is 1.35. The lowest BCUT2D eigenvalue weighted by molar-refractivity contribution is 0.474. The molecule has 1 aromatic carbocycles. The topological polar surface area (TPSA) is 20.2 Å². The second kappa shape index (κ2) is 4.05. The van der Waals surface area contributed by atoms with Crippen molar-refractivity contribution in [1.29, 1.82) is 0 Å². The molecule has 1 aromatic rings. The highest BCUT2D eigenvalue weighted by Crippen LogP contribution is 2.26. The van der Waals surface area contributed by atoms with Gasteiger partial charge in [-0.25, -0.2) is 0 Å². The van der Waals surface area contributed by atoms with Gasteiger partial charge in [0, 0.05) is 0 Å². The largest absolute Gasteiger partial charge is 0.508 e. The molecule has 0 aromatic heterocycles. The molecule has 1 unspecified atom stereocenters. The summed E-state index contributed by atoms with van der Waals surface area (Å²) < 4.78 is 0. The van der Waals surface area contributed by atoms with E-state index in [-0.39, 0.29) is 0 Å². The Morgan fingerprint density at radius 2 is 2.08 bits per heavy atom. The summed E-state index contributed by atoms with van der Waals surface area (Å²) in [6, 6.07) is 7.60. The highest BCUT2D eigenvalue weighted by molar-refractivity contribution is 7.99. The Balaban J connectivity index is 1.97. The quantitative estimate of drug-likeness (QED) is 0.781. The first-order valence-electron chi connectivity index (χ1n) is 4.70. The Morgan fingerprint density at radius 1 is 1.31 bits per heavy atom. The molecule has 0 bridgehead atoms. The van der Waals surface area contributed by atoms with E-state index < -0.39 is 0 Å². The number of benzene rings is 1. The fraction of sp³-hybridized carbons (Fsp3) is 0.455. The van der Waals surface area contributed by atoms with Crippen LogP contribution in [0.3, 0.4) is 0 Å². The van der Waals surface area contributed by atoms with Crippen molar-refractivity contribution < 1.29 is 5.11 Å². The number of aromatic hydroxyl groups is 1. The van der Waals surface area contributed by atoms with E-state index in [2.05, 4.69) is 11.8 Å². The smallest absolute Gasteiger partial charge is 0.115 e. The lowest BCUT2D eigenvalue weighted by atomic mass is 9.99. The van der Waals surface area contributed by atoms with Gasteiger partial charge in [0.05, 0.1) is 0 Å². The molecule has 1 aliphatic heterocycles. The number of hydrogen-bond acceptors (Lipinski definition) is 2. The van der Waals surface area contributed by atoms with Crippen LogP contribution in [0, 0.1) is 5.92 Å². The molecule has 1 aliphatic rings. The third-order valence-electron chi connectivity index (χ3n) is 2.48. The predicted octanol–water partition coefficient (Wildman–Crippen LogP) is 2.69. The SMILES string of the molecule is Oc1ccc(CC2CCSC2)cc1. The van der Waals surface area contributed by atoms with Gasteiger partial charge in [-0.05, 0) is 48.0 Å². The van der Waals surface area contributed by atoms with Crippen molar-refractivity contribution in [2.75, 3.05) is 11.5 Å². The van der Waals surface area contributed by atoms with Crippen molar-refractivity contribution in [3.8, 4) is 5.75 Å². The summed E-state index contributed by atoms with van der Waals surface area (Å²) >= 11 is 2.06. The average Bonchev–Trinajstić information content (AvgIpc) is 2.62. The maximum Gasteiger partial charge on any atom is 0.115 e. The van der Waals surface area contributed by atoms with Crippen molar-refractivity contribution in [3.63, 3.8) is 0 Å².